The van der Waals surface area contributed by atoms with Crippen LogP contribution in [-0.4, -0.2) is 37.5 Å². The molecule has 0 aromatic carbocycles. The zero-order valence-electron chi connectivity index (χ0n) is 15.0. The predicted octanol–water partition coefficient (Wildman–Crippen LogP) is 2.90. The van der Waals surface area contributed by atoms with Gasteiger partial charge >= 0.3 is 0 Å². The molecule has 0 spiro atoms. The first-order valence-corrected chi connectivity index (χ1v) is 8.11. The highest BCUT2D eigenvalue weighted by Gasteiger charge is 2.07. The smallest absolute Gasteiger partial charge is 0.221 e. The summed E-state index contributed by atoms with van der Waals surface area (Å²) < 4.78 is 0. The van der Waals surface area contributed by atoms with Crippen molar-refractivity contribution in [2.75, 3.05) is 13.6 Å². The van der Waals surface area contributed by atoms with Gasteiger partial charge in [-0.25, -0.2) is 0 Å². The molecule has 22 heavy (non-hydrogen) atoms. The number of nitrogens with zero attached hydrogens (tertiary/aromatic N) is 1. The van der Waals surface area contributed by atoms with Crippen molar-refractivity contribution in [3.63, 3.8) is 0 Å². The molecule has 0 rings (SSSR count). The van der Waals surface area contributed by atoms with Gasteiger partial charge in [-0.05, 0) is 33.1 Å². The average Bonchev–Trinajstić information content (AvgIpc) is 2.36. The second kappa shape index (κ2) is 14.1. The van der Waals surface area contributed by atoms with Gasteiger partial charge in [-0.15, -0.1) is 24.0 Å². The minimum absolute atomic E-state index is 0. The molecule has 5 nitrogen and oxygen atoms in total. The topological polar surface area (TPSA) is 65.5 Å². The maximum absolute atomic E-state index is 11.5. The zero-order valence-corrected chi connectivity index (χ0v) is 17.4. The Bertz CT molecular complexity index is 319. The van der Waals surface area contributed by atoms with Gasteiger partial charge in [0.25, 0.3) is 0 Å². The number of halogens is 1. The van der Waals surface area contributed by atoms with Gasteiger partial charge in [-0.2, -0.15) is 0 Å². The summed E-state index contributed by atoms with van der Waals surface area (Å²) in [6.45, 7) is 11.2. The van der Waals surface area contributed by atoms with Crippen LogP contribution in [0.4, 0.5) is 0 Å². The van der Waals surface area contributed by atoms with Crippen LogP contribution >= 0.6 is 24.0 Å². The first-order valence-electron chi connectivity index (χ1n) is 8.11. The molecule has 0 saturated carbocycles. The first-order chi connectivity index (χ1) is 9.85. The van der Waals surface area contributed by atoms with E-state index in [1.54, 1.807) is 7.05 Å². The van der Waals surface area contributed by atoms with E-state index in [4.69, 9.17) is 0 Å². The predicted molar refractivity (Wildman–Crippen MR) is 106 cm³/mol. The first kappa shape index (κ1) is 23.7. The van der Waals surface area contributed by atoms with Gasteiger partial charge in [0.1, 0.15) is 0 Å². The fraction of sp³-hybridized carbons (Fsp3) is 0.875. The van der Waals surface area contributed by atoms with E-state index in [0.29, 0.717) is 19.0 Å². The molecule has 1 amide bonds. The van der Waals surface area contributed by atoms with Crippen molar-refractivity contribution in [2.45, 2.75) is 72.4 Å². The van der Waals surface area contributed by atoms with Crippen molar-refractivity contribution >= 4 is 35.8 Å². The number of amides is 1. The summed E-state index contributed by atoms with van der Waals surface area (Å²) in [6, 6.07) is 0.579. The highest BCUT2D eigenvalue weighted by atomic mass is 127. The summed E-state index contributed by atoms with van der Waals surface area (Å²) in [5.74, 6) is 1.59. The highest BCUT2D eigenvalue weighted by Crippen LogP contribution is 2.07. The number of aliphatic imine (C=N–C) groups is 1. The number of carbonyl (C=O) groups is 1. The van der Waals surface area contributed by atoms with Gasteiger partial charge in [0.05, 0.1) is 0 Å². The monoisotopic (exact) mass is 426 g/mol. The van der Waals surface area contributed by atoms with Crippen molar-refractivity contribution in [1.82, 2.24) is 16.0 Å². The largest absolute Gasteiger partial charge is 0.356 e. The normalized spacial score (nSPS) is 12.8. The number of nitrogens with one attached hydrogen (secondary N) is 3. The molecule has 0 fully saturated rings. The van der Waals surface area contributed by atoms with Crippen LogP contribution in [0, 0.1) is 5.92 Å². The van der Waals surface area contributed by atoms with Gasteiger partial charge in [0.15, 0.2) is 5.96 Å². The van der Waals surface area contributed by atoms with Crippen LogP contribution in [0.25, 0.3) is 0 Å². The third-order valence-corrected chi connectivity index (χ3v) is 3.12. The Kier molecular flexibility index (Phi) is 15.2. The number of hydrogen-bond donors (Lipinski definition) is 3. The molecule has 0 bridgehead atoms. The summed E-state index contributed by atoms with van der Waals surface area (Å²) in [7, 11) is 1.75. The number of rotatable bonds is 9. The van der Waals surface area contributed by atoms with Crippen molar-refractivity contribution < 1.29 is 4.79 Å². The van der Waals surface area contributed by atoms with Crippen LogP contribution < -0.4 is 16.0 Å². The lowest BCUT2D eigenvalue weighted by atomic mass is 10.0. The standard InChI is InChI=1S/C16H34N4O.HI/c1-12(2)8-7-9-14(5)20-16(17-6)18-11-10-15(21)19-13(3)4;/h12-14H,7-11H2,1-6H3,(H,19,21)(H2,17,18,20);1H. The summed E-state index contributed by atoms with van der Waals surface area (Å²) in [4.78, 5) is 15.7. The Morgan fingerprint density at radius 2 is 1.68 bits per heavy atom. The lowest BCUT2D eigenvalue weighted by Crippen LogP contribution is -2.43. The Balaban J connectivity index is 0. The van der Waals surface area contributed by atoms with Crippen LogP contribution in [0.2, 0.25) is 0 Å². The maximum atomic E-state index is 11.5. The summed E-state index contributed by atoms with van der Waals surface area (Å²) in [5, 5.41) is 9.42. The molecular formula is C16H35IN4O. The highest BCUT2D eigenvalue weighted by molar-refractivity contribution is 14.0. The SMILES string of the molecule is CN=C(NCCC(=O)NC(C)C)NC(C)CCCC(C)C.I. The lowest BCUT2D eigenvalue weighted by Gasteiger charge is -2.18. The van der Waals surface area contributed by atoms with Crippen molar-refractivity contribution in [3.8, 4) is 0 Å². The van der Waals surface area contributed by atoms with Gasteiger partial charge in [-0.3, -0.25) is 9.79 Å². The fourth-order valence-corrected chi connectivity index (χ4v) is 2.02. The van der Waals surface area contributed by atoms with Crippen LogP contribution in [0.15, 0.2) is 4.99 Å². The Labute approximate surface area is 153 Å². The van der Waals surface area contributed by atoms with E-state index in [2.05, 4.69) is 41.7 Å². The number of carbonyl (C=O) groups excluding carboxylic acids is 1. The second-order valence-corrected chi connectivity index (χ2v) is 6.34. The van der Waals surface area contributed by atoms with E-state index in [0.717, 1.165) is 18.3 Å². The number of guanidine groups is 1. The van der Waals surface area contributed by atoms with E-state index >= 15 is 0 Å². The molecule has 0 radical (unpaired) electrons. The molecule has 0 aliphatic heterocycles. The van der Waals surface area contributed by atoms with Crippen molar-refractivity contribution in [2.24, 2.45) is 10.9 Å². The molecule has 0 heterocycles. The molecule has 3 N–H and O–H groups in total. The molecule has 0 saturated heterocycles. The van der Waals surface area contributed by atoms with Gasteiger partial charge in [0.2, 0.25) is 5.91 Å². The van der Waals surface area contributed by atoms with E-state index in [-0.39, 0.29) is 35.9 Å². The Morgan fingerprint density at radius 3 is 2.18 bits per heavy atom. The quantitative estimate of drug-likeness (QED) is 0.302. The minimum Gasteiger partial charge on any atom is -0.356 e. The second-order valence-electron chi connectivity index (χ2n) is 6.34. The molecule has 0 aliphatic carbocycles. The summed E-state index contributed by atoms with van der Waals surface area (Å²) in [6.07, 6.45) is 4.07. The van der Waals surface area contributed by atoms with Crippen LogP contribution in [0.3, 0.4) is 0 Å². The molecule has 1 atom stereocenters. The van der Waals surface area contributed by atoms with Crippen LogP contribution in [0.1, 0.15) is 60.3 Å². The van der Waals surface area contributed by atoms with E-state index in [1.165, 1.54) is 12.8 Å². The third-order valence-electron chi connectivity index (χ3n) is 3.12. The van der Waals surface area contributed by atoms with E-state index in [1.807, 2.05) is 13.8 Å². The molecule has 0 aromatic rings. The summed E-state index contributed by atoms with van der Waals surface area (Å²) in [5.41, 5.74) is 0. The fourth-order valence-electron chi connectivity index (χ4n) is 2.02. The lowest BCUT2D eigenvalue weighted by molar-refractivity contribution is -0.121. The average molecular weight is 426 g/mol. The van der Waals surface area contributed by atoms with Crippen LogP contribution in [-0.2, 0) is 4.79 Å². The Hall–Kier alpha value is -0.530. The Morgan fingerprint density at radius 1 is 1.05 bits per heavy atom. The van der Waals surface area contributed by atoms with Gasteiger partial charge in [0, 0.05) is 32.1 Å². The van der Waals surface area contributed by atoms with E-state index in [9.17, 15) is 4.79 Å². The molecule has 0 aromatic heterocycles. The summed E-state index contributed by atoms with van der Waals surface area (Å²) >= 11 is 0. The van der Waals surface area contributed by atoms with E-state index < -0.39 is 0 Å². The van der Waals surface area contributed by atoms with Crippen molar-refractivity contribution in [3.05, 3.63) is 0 Å². The maximum Gasteiger partial charge on any atom is 0.221 e. The molecule has 132 valence electrons. The van der Waals surface area contributed by atoms with Gasteiger partial charge < -0.3 is 16.0 Å². The molecule has 6 heteroatoms. The van der Waals surface area contributed by atoms with Gasteiger partial charge in [-0.1, -0.05) is 26.7 Å². The third kappa shape index (κ3) is 14.4. The number of hydrogen-bond acceptors (Lipinski definition) is 2. The molecule has 0 aliphatic rings. The zero-order chi connectivity index (χ0) is 16.3. The molecular weight excluding hydrogens is 391 g/mol. The minimum atomic E-state index is 0. The molecule has 1 unspecified atom stereocenters. The van der Waals surface area contributed by atoms with Crippen LogP contribution in [0.5, 0.6) is 0 Å². The van der Waals surface area contributed by atoms with Crippen molar-refractivity contribution in [1.29, 1.82) is 0 Å².